The highest BCUT2D eigenvalue weighted by atomic mass is 35.5. The van der Waals surface area contributed by atoms with Crippen molar-refractivity contribution in [3.8, 4) is 0 Å². The minimum absolute atomic E-state index is 0. The summed E-state index contributed by atoms with van der Waals surface area (Å²) in [4.78, 5) is 29.4. The maximum Gasteiger partial charge on any atom is 0.325 e. The first-order valence-corrected chi connectivity index (χ1v) is 19.5. The Bertz CT molecular complexity index is 702. The molecule has 0 saturated heterocycles. The van der Waals surface area contributed by atoms with Crippen molar-refractivity contribution in [3.05, 3.63) is 0 Å². The van der Waals surface area contributed by atoms with Crippen molar-refractivity contribution in [1.82, 2.24) is 4.90 Å². The summed E-state index contributed by atoms with van der Waals surface area (Å²) in [5.41, 5.74) is 0. The molecule has 0 radical (unpaired) electrons. The Labute approximate surface area is 287 Å². The van der Waals surface area contributed by atoms with Crippen molar-refractivity contribution in [2.45, 2.75) is 188 Å². The highest BCUT2D eigenvalue weighted by Crippen LogP contribution is 2.35. The lowest BCUT2D eigenvalue weighted by Crippen LogP contribution is -3.05. The summed E-state index contributed by atoms with van der Waals surface area (Å²) in [6.45, 7) is 10.8. The van der Waals surface area contributed by atoms with Crippen LogP contribution in [0.2, 0.25) is 0 Å². The number of esters is 1. The van der Waals surface area contributed by atoms with Gasteiger partial charge in [-0.2, -0.15) is 0 Å². The van der Waals surface area contributed by atoms with Crippen LogP contribution in [0.15, 0.2) is 0 Å². The molecule has 3 atom stereocenters. The molecule has 1 saturated carbocycles. The Balaban J connectivity index is 0.0000194. The molecule has 1 amide bonds. The average Bonchev–Trinajstić information content (AvgIpc) is 2.97. The predicted molar refractivity (Wildman–Crippen MR) is 188 cm³/mol. The van der Waals surface area contributed by atoms with Crippen molar-refractivity contribution in [3.63, 3.8) is 0 Å². The van der Waals surface area contributed by atoms with E-state index in [-0.39, 0.29) is 36.9 Å². The number of halogens is 1. The number of amides is 1. The summed E-state index contributed by atoms with van der Waals surface area (Å²) in [5.74, 6) is 1.45. The van der Waals surface area contributed by atoms with E-state index in [4.69, 9.17) is 4.74 Å². The molecular weight excluding hydrogens is 580 g/mol. The molecule has 1 N–H and O–H groups in total. The van der Waals surface area contributed by atoms with Crippen molar-refractivity contribution in [1.29, 1.82) is 0 Å². The molecule has 0 unspecified atom stereocenters. The summed E-state index contributed by atoms with van der Waals surface area (Å²) in [6, 6.07) is 0. The number of ether oxygens (including phenoxy) is 1. The normalized spacial score (nSPS) is 18.3. The van der Waals surface area contributed by atoms with Crippen LogP contribution in [-0.4, -0.2) is 56.6 Å². The van der Waals surface area contributed by atoms with Gasteiger partial charge in [0.15, 0.2) is 0 Å². The third-order valence-corrected chi connectivity index (χ3v) is 10.0. The molecule has 45 heavy (non-hydrogen) atoms. The molecule has 6 heteroatoms. The van der Waals surface area contributed by atoms with Crippen LogP contribution in [0.5, 0.6) is 0 Å². The van der Waals surface area contributed by atoms with Gasteiger partial charge in [-0.3, -0.25) is 9.59 Å². The van der Waals surface area contributed by atoms with E-state index in [0.29, 0.717) is 30.7 Å². The van der Waals surface area contributed by atoms with Crippen molar-refractivity contribution >= 4 is 11.9 Å². The van der Waals surface area contributed by atoms with E-state index >= 15 is 0 Å². The number of quaternary nitrogens is 1. The smallest absolute Gasteiger partial charge is 0.325 e. The molecule has 1 aliphatic carbocycles. The molecule has 5 nitrogen and oxygen atoms in total. The largest absolute Gasteiger partial charge is 1.00 e. The van der Waals surface area contributed by atoms with Gasteiger partial charge in [-0.25, -0.2) is 0 Å². The number of unbranched alkanes of at least 4 members (excludes halogenated alkanes) is 18. The monoisotopic (exact) mass is 657 g/mol. The van der Waals surface area contributed by atoms with Gasteiger partial charge in [0.05, 0.1) is 20.6 Å². The van der Waals surface area contributed by atoms with E-state index in [1.165, 1.54) is 120 Å². The zero-order chi connectivity index (χ0) is 32.4. The molecule has 0 heterocycles. The second-order valence-corrected chi connectivity index (χ2v) is 15.1. The van der Waals surface area contributed by atoms with Gasteiger partial charge in [0.1, 0.15) is 12.6 Å². The first-order valence-electron chi connectivity index (χ1n) is 19.5. The second-order valence-electron chi connectivity index (χ2n) is 15.1. The summed E-state index contributed by atoms with van der Waals surface area (Å²) in [7, 11) is 4.27. The molecule has 1 fully saturated rings. The van der Waals surface area contributed by atoms with E-state index in [0.717, 1.165) is 38.6 Å². The van der Waals surface area contributed by atoms with Crippen molar-refractivity contribution in [2.75, 3.05) is 33.7 Å². The first kappa shape index (κ1) is 44.2. The molecule has 1 aliphatic rings. The number of carbonyl (C=O) groups excluding carboxylic acids is 2. The minimum Gasteiger partial charge on any atom is -1.00 e. The lowest BCUT2D eigenvalue weighted by molar-refractivity contribution is -0.858. The highest BCUT2D eigenvalue weighted by Gasteiger charge is 2.34. The summed E-state index contributed by atoms with van der Waals surface area (Å²) < 4.78 is 6.05. The first-order chi connectivity index (χ1) is 21.2. The van der Waals surface area contributed by atoms with Gasteiger partial charge in [0.25, 0.3) is 0 Å². The van der Waals surface area contributed by atoms with E-state index in [1.54, 1.807) is 4.90 Å². The molecule has 0 spiro atoms. The van der Waals surface area contributed by atoms with Gasteiger partial charge < -0.3 is 26.9 Å². The van der Waals surface area contributed by atoms with Gasteiger partial charge in [-0.15, -0.1) is 0 Å². The maximum absolute atomic E-state index is 13.2. The SMILES string of the molecule is CCCCCCCCCCCCCCCCCCCCCC(=O)N(CCC[NH+](C)C)CC(=O)O[C@H]1C[C@@H](C)CC[C@@H]1C(C)C.[Cl-]. The predicted octanol–water partition coefficient (Wildman–Crippen LogP) is 6.18. The van der Waals surface area contributed by atoms with E-state index < -0.39 is 0 Å². The molecule has 1 rings (SSSR count). The number of nitrogens with zero attached hydrogens (tertiary/aromatic N) is 1. The number of hydrogen-bond donors (Lipinski definition) is 1. The minimum atomic E-state index is -0.214. The van der Waals surface area contributed by atoms with Crippen LogP contribution in [0, 0.1) is 17.8 Å². The zero-order valence-corrected chi connectivity index (χ0v) is 31.7. The Kier molecular flexibility index (Phi) is 28.8. The number of hydrogen-bond acceptors (Lipinski definition) is 3. The highest BCUT2D eigenvalue weighted by molar-refractivity contribution is 5.82. The Hall–Kier alpha value is -0.810. The van der Waals surface area contributed by atoms with E-state index in [2.05, 4.69) is 41.8 Å². The molecule has 0 aromatic heterocycles. The van der Waals surface area contributed by atoms with Crippen molar-refractivity contribution in [2.24, 2.45) is 17.8 Å². The Morgan fingerprint density at radius 3 is 1.64 bits per heavy atom. The van der Waals surface area contributed by atoms with Crippen LogP contribution >= 0.6 is 0 Å². The molecular formula is C39H77ClN2O3. The molecule has 268 valence electrons. The molecule has 0 aromatic rings. The number of carbonyl (C=O) groups is 2. The van der Waals surface area contributed by atoms with Gasteiger partial charge in [0, 0.05) is 19.4 Å². The fourth-order valence-corrected chi connectivity index (χ4v) is 7.04. The van der Waals surface area contributed by atoms with Gasteiger partial charge in [-0.05, 0) is 37.0 Å². The standard InChI is InChI=1S/C39H76N2O3.ClH/c1-7-8-9-10-11-12-13-14-15-16-17-18-19-20-21-22-23-24-25-27-38(42)41(31-26-30-40(5)6)33-39(43)44-37-32-35(4)28-29-36(37)34(2)3;/h34-37H,7-33H2,1-6H3;1H/t35-,36+,37-;/m0./s1. The summed E-state index contributed by atoms with van der Waals surface area (Å²) in [6.07, 6.45) is 30.4. The van der Waals surface area contributed by atoms with E-state index in [9.17, 15) is 9.59 Å². The Morgan fingerprint density at radius 2 is 1.20 bits per heavy atom. The lowest BCUT2D eigenvalue weighted by Gasteiger charge is -2.37. The van der Waals surface area contributed by atoms with Gasteiger partial charge >= 0.3 is 5.97 Å². The third kappa shape index (κ3) is 24.1. The lowest BCUT2D eigenvalue weighted by atomic mass is 9.75. The van der Waals surface area contributed by atoms with Crippen LogP contribution in [0.3, 0.4) is 0 Å². The zero-order valence-electron chi connectivity index (χ0n) is 31.0. The Morgan fingerprint density at radius 1 is 0.733 bits per heavy atom. The fraction of sp³-hybridized carbons (Fsp3) is 0.949. The quantitative estimate of drug-likeness (QED) is 0.0809. The number of rotatable bonds is 28. The van der Waals surface area contributed by atoms with Crippen LogP contribution in [-0.2, 0) is 14.3 Å². The van der Waals surface area contributed by atoms with Crippen LogP contribution < -0.4 is 17.3 Å². The third-order valence-electron chi connectivity index (χ3n) is 10.0. The fourth-order valence-electron chi connectivity index (χ4n) is 7.04. The van der Waals surface area contributed by atoms with E-state index in [1.807, 2.05) is 0 Å². The summed E-state index contributed by atoms with van der Waals surface area (Å²) >= 11 is 0. The maximum atomic E-state index is 13.2. The molecule has 0 aliphatic heterocycles. The summed E-state index contributed by atoms with van der Waals surface area (Å²) in [5, 5.41) is 0. The van der Waals surface area contributed by atoms with Crippen molar-refractivity contribution < 1.29 is 31.6 Å². The second kappa shape index (κ2) is 29.3. The van der Waals surface area contributed by atoms with Gasteiger partial charge in [-0.1, -0.05) is 150 Å². The topological polar surface area (TPSA) is 51.1 Å². The average molecular weight is 658 g/mol. The van der Waals surface area contributed by atoms with Crippen LogP contribution in [0.1, 0.15) is 182 Å². The van der Waals surface area contributed by atoms with Crippen LogP contribution in [0.4, 0.5) is 0 Å². The van der Waals surface area contributed by atoms with Crippen LogP contribution in [0.25, 0.3) is 0 Å². The number of nitrogens with one attached hydrogen (secondary N) is 1. The molecule has 0 aromatic carbocycles. The van der Waals surface area contributed by atoms with Gasteiger partial charge in [0.2, 0.25) is 5.91 Å². The molecule has 0 bridgehead atoms.